The lowest BCUT2D eigenvalue weighted by atomic mass is 9.74. The predicted octanol–water partition coefficient (Wildman–Crippen LogP) is 3.94. The predicted molar refractivity (Wildman–Crippen MR) is 121 cm³/mol. The first-order valence-electron chi connectivity index (χ1n) is 10.4. The maximum Gasteiger partial charge on any atom is 0.407 e. The number of rotatable bonds is 3. The van der Waals surface area contributed by atoms with Crippen LogP contribution in [0.3, 0.4) is 0 Å². The normalized spacial score (nSPS) is 23.0. The molecule has 2 saturated heterocycles. The monoisotopic (exact) mass is 472 g/mol. The largest absolute Gasteiger partial charge is 0.465 e. The van der Waals surface area contributed by atoms with Crippen LogP contribution in [0.15, 0.2) is 18.2 Å². The molecule has 0 aliphatic carbocycles. The number of piperazine rings is 1. The molecule has 1 aromatic rings. The number of hydrogen-bond donors (Lipinski definition) is 2. The van der Waals surface area contributed by atoms with E-state index in [0.29, 0.717) is 68.2 Å². The first-order chi connectivity index (χ1) is 14.5. The molecule has 2 aliphatic rings. The molecule has 3 amide bonds. The van der Waals surface area contributed by atoms with Crippen molar-refractivity contribution in [1.29, 1.82) is 0 Å². The van der Waals surface area contributed by atoms with Gasteiger partial charge in [-0.25, -0.2) is 9.59 Å². The zero-order chi connectivity index (χ0) is 22.8. The molecule has 2 N–H and O–H groups in total. The minimum absolute atomic E-state index is 0.186. The Labute approximate surface area is 193 Å². The summed E-state index contributed by atoms with van der Waals surface area (Å²) < 4.78 is 6.22. The molecular formula is C21H30Cl2N4O4. The fourth-order valence-electron chi connectivity index (χ4n) is 3.98. The summed E-state index contributed by atoms with van der Waals surface area (Å²) in [7, 11) is 0. The standard InChI is InChI=1S/C21H30Cl2N4O4/c1-20(2,3)21(14-27(19(29)30)10-11-31-21)13-25-6-8-26(9-7-25)18(28)24-15-4-5-16(22)17(23)12-15/h4-5,12H,6-11,13-14H2,1-3H3,(H,24,28)(H,29,30)/t21-/m0/s1. The highest BCUT2D eigenvalue weighted by atomic mass is 35.5. The Morgan fingerprint density at radius 1 is 1.10 bits per heavy atom. The summed E-state index contributed by atoms with van der Waals surface area (Å²) >= 11 is 11.9. The van der Waals surface area contributed by atoms with Gasteiger partial charge in [0.25, 0.3) is 0 Å². The van der Waals surface area contributed by atoms with Gasteiger partial charge in [0.05, 0.1) is 23.2 Å². The van der Waals surface area contributed by atoms with Crippen LogP contribution in [0.5, 0.6) is 0 Å². The minimum Gasteiger partial charge on any atom is -0.465 e. The molecule has 0 spiro atoms. The van der Waals surface area contributed by atoms with E-state index in [4.69, 9.17) is 27.9 Å². The number of anilines is 1. The number of urea groups is 1. The Balaban J connectivity index is 1.59. The maximum atomic E-state index is 12.6. The Morgan fingerprint density at radius 3 is 2.35 bits per heavy atom. The number of benzene rings is 1. The van der Waals surface area contributed by atoms with Crippen LogP contribution in [-0.4, -0.2) is 90.0 Å². The van der Waals surface area contributed by atoms with Crippen molar-refractivity contribution in [2.24, 2.45) is 5.41 Å². The number of carbonyl (C=O) groups is 2. The summed E-state index contributed by atoms with van der Waals surface area (Å²) in [6.45, 7) is 10.5. The van der Waals surface area contributed by atoms with Crippen LogP contribution in [0.25, 0.3) is 0 Å². The average Bonchev–Trinajstić information content (AvgIpc) is 2.70. The van der Waals surface area contributed by atoms with Crippen LogP contribution >= 0.6 is 23.2 Å². The van der Waals surface area contributed by atoms with Crippen LogP contribution < -0.4 is 5.32 Å². The summed E-state index contributed by atoms with van der Waals surface area (Å²) in [5.41, 5.74) is -0.254. The first kappa shape index (κ1) is 23.9. The number of nitrogens with zero attached hydrogens (tertiary/aromatic N) is 3. The number of carboxylic acid groups (broad SMARTS) is 1. The van der Waals surface area contributed by atoms with E-state index in [1.807, 2.05) is 0 Å². The Kier molecular flexibility index (Phi) is 7.25. The summed E-state index contributed by atoms with van der Waals surface area (Å²) in [5.74, 6) is 0. The number of halogens is 2. The molecule has 2 fully saturated rings. The third kappa shape index (κ3) is 5.55. The maximum absolute atomic E-state index is 12.6. The van der Waals surface area contributed by atoms with Gasteiger partial charge in [0.2, 0.25) is 0 Å². The molecule has 3 rings (SSSR count). The second-order valence-electron chi connectivity index (χ2n) is 9.12. The van der Waals surface area contributed by atoms with Gasteiger partial charge in [-0.15, -0.1) is 0 Å². The van der Waals surface area contributed by atoms with Crippen molar-refractivity contribution in [3.05, 3.63) is 28.2 Å². The van der Waals surface area contributed by atoms with Gasteiger partial charge in [-0.2, -0.15) is 0 Å². The van der Waals surface area contributed by atoms with Gasteiger partial charge in [-0.3, -0.25) is 4.90 Å². The lowest BCUT2D eigenvalue weighted by Gasteiger charge is -2.52. The van der Waals surface area contributed by atoms with E-state index >= 15 is 0 Å². The Bertz CT molecular complexity index is 824. The molecule has 2 heterocycles. The molecule has 0 aromatic heterocycles. The zero-order valence-corrected chi connectivity index (χ0v) is 19.7. The topological polar surface area (TPSA) is 85.4 Å². The van der Waals surface area contributed by atoms with E-state index in [2.05, 4.69) is 31.0 Å². The van der Waals surface area contributed by atoms with Crippen LogP contribution in [0.4, 0.5) is 15.3 Å². The van der Waals surface area contributed by atoms with Gasteiger partial charge in [0.1, 0.15) is 5.60 Å². The molecule has 0 saturated carbocycles. The van der Waals surface area contributed by atoms with Gasteiger partial charge in [-0.1, -0.05) is 44.0 Å². The average molecular weight is 473 g/mol. The van der Waals surface area contributed by atoms with Crippen molar-refractivity contribution in [3.8, 4) is 0 Å². The van der Waals surface area contributed by atoms with Gasteiger partial charge in [-0.05, 0) is 23.6 Å². The molecule has 172 valence electrons. The Morgan fingerprint density at radius 2 is 1.77 bits per heavy atom. The summed E-state index contributed by atoms with van der Waals surface area (Å²) in [5, 5.41) is 13.2. The van der Waals surface area contributed by atoms with Crippen LogP contribution in [0.2, 0.25) is 10.0 Å². The molecule has 2 aliphatic heterocycles. The van der Waals surface area contributed by atoms with Crippen molar-refractivity contribution >= 4 is 41.0 Å². The number of morpholine rings is 1. The van der Waals surface area contributed by atoms with Crippen molar-refractivity contribution < 1.29 is 19.4 Å². The molecule has 0 radical (unpaired) electrons. The van der Waals surface area contributed by atoms with Crippen LogP contribution in [-0.2, 0) is 4.74 Å². The highest BCUT2D eigenvalue weighted by molar-refractivity contribution is 6.42. The van der Waals surface area contributed by atoms with Crippen LogP contribution in [0, 0.1) is 5.41 Å². The lowest BCUT2D eigenvalue weighted by Crippen LogP contribution is -2.65. The third-order valence-electron chi connectivity index (χ3n) is 6.13. The molecule has 8 nitrogen and oxygen atoms in total. The quantitative estimate of drug-likeness (QED) is 0.695. The lowest BCUT2D eigenvalue weighted by molar-refractivity contribution is -0.171. The van der Waals surface area contributed by atoms with E-state index in [9.17, 15) is 14.7 Å². The summed E-state index contributed by atoms with van der Waals surface area (Å²) in [4.78, 5) is 29.6. The van der Waals surface area contributed by atoms with Gasteiger partial charge < -0.3 is 25.0 Å². The fraction of sp³-hybridized carbons (Fsp3) is 0.619. The fourth-order valence-corrected chi connectivity index (χ4v) is 4.28. The van der Waals surface area contributed by atoms with E-state index < -0.39 is 11.7 Å². The zero-order valence-electron chi connectivity index (χ0n) is 18.2. The Hall–Kier alpha value is -1.74. The SMILES string of the molecule is CC(C)(C)[C@]1(CN2CCN(C(=O)Nc3ccc(Cl)c(Cl)c3)CC2)CN(C(=O)O)CCO1. The van der Waals surface area contributed by atoms with E-state index in [-0.39, 0.29) is 11.4 Å². The molecule has 31 heavy (non-hydrogen) atoms. The molecule has 10 heteroatoms. The molecule has 0 bridgehead atoms. The van der Waals surface area contributed by atoms with Crippen molar-refractivity contribution in [2.75, 3.05) is 57.7 Å². The molecular weight excluding hydrogens is 443 g/mol. The van der Waals surface area contributed by atoms with Gasteiger partial charge >= 0.3 is 12.1 Å². The second kappa shape index (κ2) is 9.40. The highest BCUT2D eigenvalue weighted by Crippen LogP contribution is 2.37. The molecule has 0 unspecified atom stereocenters. The highest BCUT2D eigenvalue weighted by Gasteiger charge is 2.48. The van der Waals surface area contributed by atoms with Gasteiger partial charge in [0.15, 0.2) is 0 Å². The second-order valence-corrected chi connectivity index (χ2v) is 9.93. The summed E-state index contributed by atoms with van der Waals surface area (Å²) in [6, 6.07) is 4.80. The van der Waals surface area contributed by atoms with Crippen molar-refractivity contribution in [2.45, 2.75) is 26.4 Å². The van der Waals surface area contributed by atoms with E-state index in [1.54, 1.807) is 23.1 Å². The van der Waals surface area contributed by atoms with Gasteiger partial charge in [0, 0.05) is 45.0 Å². The minimum atomic E-state index is -0.916. The number of amides is 3. The van der Waals surface area contributed by atoms with E-state index in [1.165, 1.54) is 4.90 Å². The first-order valence-corrected chi connectivity index (χ1v) is 11.1. The molecule has 1 aromatic carbocycles. The number of nitrogens with one attached hydrogen (secondary N) is 1. The van der Waals surface area contributed by atoms with Crippen molar-refractivity contribution in [3.63, 3.8) is 0 Å². The number of carbonyl (C=O) groups excluding carboxylic acids is 1. The summed E-state index contributed by atoms with van der Waals surface area (Å²) in [6.07, 6.45) is -0.916. The third-order valence-corrected chi connectivity index (χ3v) is 6.87. The number of ether oxygens (including phenoxy) is 1. The number of hydrogen-bond acceptors (Lipinski definition) is 4. The van der Waals surface area contributed by atoms with E-state index in [0.717, 1.165) is 0 Å². The molecule has 1 atom stereocenters. The van der Waals surface area contributed by atoms with Crippen LogP contribution in [0.1, 0.15) is 20.8 Å². The van der Waals surface area contributed by atoms with Crippen molar-refractivity contribution in [1.82, 2.24) is 14.7 Å². The smallest absolute Gasteiger partial charge is 0.407 e.